The Kier molecular flexibility index (Phi) is 3.58. The Hall–Kier alpha value is -0.950. The van der Waals surface area contributed by atoms with E-state index in [9.17, 15) is 4.39 Å². The highest BCUT2D eigenvalue weighted by atomic mass is 79.9. The Morgan fingerprint density at radius 1 is 1.25 bits per heavy atom. The fourth-order valence-electron chi connectivity index (χ4n) is 1.93. The molecule has 2 heterocycles. The molecule has 3 nitrogen and oxygen atoms in total. The number of nitrogens with one attached hydrogen (secondary N) is 1. The van der Waals surface area contributed by atoms with Gasteiger partial charge in [-0.15, -0.1) is 0 Å². The molecule has 0 aliphatic carbocycles. The first-order valence-electron chi connectivity index (χ1n) is 5.38. The zero-order chi connectivity index (χ0) is 14.4. The van der Waals surface area contributed by atoms with E-state index in [4.69, 9.17) is 35.4 Å². The Morgan fingerprint density at radius 3 is 2.55 bits per heavy atom. The van der Waals surface area contributed by atoms with Gasteiger partial charge in [-0.3, -0.25) is 4.57 Å². The van der Waals surface area contributed by atoms with Crippen molar-refractivity contribution in [2.45, 2.75) is 0 Å². The lowest BCUT2D eigenvalue weighted by molar-refractivity contribution is 0.627. The lowest BCUT2D eigenvalue weighted by atomic mass is 10.3. The second kappa shape index (κ2) is 5.11. The van der Waals surface area contributed by atoms with Crippen molar-refractivity contribution in [3.8, 4) is 5.69 Å². The van der Waals surface area contributed by atoms with Crippen molar-refractivity contribution < 1.29 is 4.39 Å². The Bertz CT molecular complexity index is 867. The summed E-state index contributed by atoms with van der Waals surface area (Å²) in [5, 5.41) is 0.327. The average Bonchev–Trinajstić information content (AvgIpc) is 2.64. The number of aromatic amines is 1. The number of rotatable bonds is 1. The monoisotopic (exact) mass is 391 g/mol. The van der Waals surface area contributed by atoms with Crippen LogP contribution in [0, 0.1) is 10.6 Å². The number of halogens is 4. The molecule has 0 amide bonds. The van der Waals surface area contributed by atoms with Gasteiger partial charge in [-0.05, 0) is 46.3 Å². The van der Waals surface area contributed by atoms with E-state index in [1.54, 1.807) is 10.8 Å². The van der Waals surface area contributed by atoms with Crippen LogP contribution in [0.3, 0.4) is 0 Å². The Balaban J connectivity index is 2.41. The first-order valence-corrected chi connectivity index (χ1v) is 7.34. The molecule has 3 aromatic rings. The van der Waals surface area contributed by atoms with Gasteiger partial charge in [0.15, 0.2) is 10.4 Å². The van der Waals surface area contributed by atoms with Crippen molar-refractivity contribution in [1.29, 1.82) is 0 Å². The molecule has 0 radical (unpaired) electrons. The quantitative estimate of drug-likeness (QED) is 0.570. The number of H-pyrrole nitrogens is 1. The van der Waals surface area contributed by atoms with Crippen LogP contribution in [0.25, 0.3) is 16.9 Å². The molecule has 0 aliphatic rings. The number of hydrogen-bond donors (Lipinski definition) is 1. The molecule has 102 valence electrons. The molecular formula is C12H5BrCl2FN3S. The maximum Gasteiger partial charge on any atom is 0.184 e. The fourth-order valence-corrected chi connectivity index (χ4v) is 3.17. The predicted molar refractivity (Wildman–Crippen MR) is 83.9 cm³/mol. The first-order chi connectivity index (χ1) is 9.47. The molecule has 0 unspecified atom stereocenters. The number of fused-ring (bicyclic) bond motifs is 1. The predicted octanol–water partition coefficient (Wildman–Crippen LogP) is 5.29. The summed E-state index contributed by atoms with van der Waals surface area (Å²) in [6.45, 7) is 0. The van der Waals surface area contributed by atoms with Gasteiger partial charge in [0.1, 0.15) is 5.82 Å². The lowest BCUT2D eigenvalue weighted by Gasteiger charge is -2.09. The van der Waals surface area contributed by atoms with Crippen LogP contribution in [0.1, 0.15) is 0 Å². The van der Waals surface area contributed by atoms with Gasteiger partial charge in [-0.25, -0.2) is 9.37 Å². The van der Waals surface area contributed by atoms with Gasteiger partial charge in [0.25, 0.3) is 0 Å². The highest BCUT2D eigenvalue weighted by Gasteiger charge is 2.15. The van der Waals surface area contributed by atoms with Crippen LogP contribution in [0.15, 0.2) is 28.9 Å². The van der Waals surface area contributed by atoms with Gasteiger partial charge in [-0.1, -0.05) is 23.2 Å². The van der Waals surface area contributed by atoms with Crippen molar-refractivity contribution in [3.63, 3.8) is 0 Å². The summed E-state index contributed by atoms with van der Waals surface area (Å²) in [4.78, 5) is 7.30. The molecule has 3 rings (SSSR count). The topological polar surface area (TPSA) is 33.6 Å². The zero-order valence-electron chi connectivity index (χ0n) is 9.62. The van der Waals surface area contributed by atoms with Crippen molar-refractivity contribution in [2.24, 2.45) is 0 Å². The molecule has 8 heteroatoms. The Labute approximate surface area is 136 Å². The summed E-state index contributed by atoms with van der Waals surface area (Å²) >= 11 is 20.8. The summed E-state index contributed by atoms with van der Waals surface area (Å²) in [6.07, 6.45) is 1.63. The van der Waals surface area contributed by atoms with E-state index in [1.165, 1.54) is 12.1 Å². The summed E-state index contributed by atoms with van der Waals surface area (Å²) in [5.74, 6) is -0.509. The molecule has 0 spiro atoms. The van der Waals surface area contributed by atoms with Gasteiger partial charge in [0.05, 0.1) is 21.2 Å². The summed E-state index contributed by atoms with van der Waals surface area (Å²) < 4.78 is 16.1. The van der Waals surface area contributed by atoms with Crippen LogP contribution in [0.4, 0.5) is 4.39 Å². The molecule has 0 aliphatic heterocycles. The molecule has 0 saturated carbocycles. The van der Waals surface area contributed by atoms with E-state index in [2.05, 4.69) is 25.9 Å². The molecule has 2 aromatic heterocycles. The number of benzene rings is 1. The van der Waals surface area contributed by atoms with Crippen LogP contribution in [0.5, 0.6) is 0 Å². The van der Waals surface area contributed by atoms with Crippen LogP contribution in [-0.2, 0) is 0 Å². The number of imidazole rings is 1. The Morgan fingerprint density at radius 2 is 1.90 bits per heavy atom. The van der Waals surface area contributed by atoms with Crippen molar-refractivity contribution in [2.75, 3.05) is 0 Å². The maximum atomic E-state index is 13.3. The number of nitrogens with zero attached hydrogens (tertiary/aromatic N) is 2. The van der Waals surface area contributed by atoms with Crippen LogP contribution in [0.2, 0.25) is 10.0 Å². The molecule has 20 heavy (non-hydrogen) atoms. The minimum atomic E-state index is -0.509. The molecule has 0 atom stereocenters. The van der Waals surface area contributed by atoms with Gasteiger partial charge in [0.2, 0.25) is 0 Å². The number of pyridine rings is 1. The largest absolute Gasteiger partial charge is 0.329 e. The second-order valence-corrected chi connectivity index (χ2v) is 6.13. The highest BCUT2D eigenvalue weighted by molar-refractivity contribution is 9.10. The molecule has 1 N–H and O–H groups in total. The van der Waals surface area contributed by atoms with E-state index < -0.39 is 5.82 Å². The average molecular weight is 393 g/mol. The number of hydrogen-bond acceptors (Lipinski definition) is 2. The molecule has 0 saturated heterocycles. The minimum Gasteiger partial charge on any atom is -0.329 e. The third kappa shape index (κ3) is 2.26. The van der Waals surface area contributed by atoms with Crippen LogP contribution in [-0.4, -0.2) is 14.5 Å². The van der Waals surface area contributed by atoms with E-state index in [0.717, 1.165) is 9.99 Å². The first kappa shape index (κ1) is 14.0. The van der Waals surface area contributed by atoms with E-state index >= 15 is 0 Å². The minimum absolute atomic E-state index is 0.164. The summed E-state index contributed by atoms with van der Waals surface area (Å²) in [5.41, 5.74) is 1.69. The standard InChI is InChI=1S/C12H5BrCl2FN3S/c13-5-1-9-11(17-4-5)19(12(20)18-9)10-7(14)2-6(16)3-8(10)15/h1-4H,(H,18,20). The third-order valence-electron chi connectivity index (χ3n) is 2.70. The fraction of sp³-hybridized carbons (Fsp3) is 0. The van der Waals surface area contributed by atoms with Crippen molar-refractivity contribution in [3.05, 3.63) is 49.5 Å². The molecule has 1 aromatic carbocycles. The van der Waals surface area contributed by atoms with Crippen molar-refractivity contribution >= 4 is 62.5 Å². The van der Waals surface area contributed by atoms with Gasteiger partial charge in [0, 0.05) is 10.7 Å². The molecular weight excluding hydrogens is 388 g/mol. The normalized spacial score (nSPS) is 11.2. The van der Waals surface area contributed by atoms with Gasteiger partial charge >= 0.3 is 0 Å². The van der Waals surface area contributed by atoms with Crippen LogP contribution >= 0.6 is 51.3 Å². The van der Waals surface area contributed by atoms with Gasteiger partial charge in [-0.2, -0.15) is 0 Å². The molecule has 0 bridgehead atoms. The smallest absolute Gasteiger partial charge is 0.184 e. The lowest BCUT2D eigenvalue weighted by Crippen LogP contribution is -1.98. The number of aromatic nitrogens is 3. The van der Waals surface area contributed by atoms with E-state index in [0.29, 0.717) is 16.1 Å². The third-order valence-corrected chi connectivity index (χ3v) is 3.99. The summed E-state index contributed by atoms with van der Waals surface area (Å²) in [7, 11) is 0. The highest BCUT2D eigenvalue weighted by Crippen LogP contribution is 2.32. The maximum absolute atomic E-state index is 13.3. The summed E-state index contributed by atoms with van der Waals surface area (Å²) in [6, 6.07) is 4.20. The second-order valence-electron chi connectivity index (χ2n) is 4.01. The van der Waals surface area contributed by atoms with Crippen molar-refractivity contribution in [1.82, 2.24) is 14.5 Å². The molecule has 0 fully saturated rings. The SMILES string of the molecule is Fc1cc(Cl)c(-n2c(=S)[nH]c3cc(Br)cnc32)c(Cl)c1. The zero-order valence-corrected chi connectivity index (χ0v) is 13.5. The van der Waals surface area contributed by atoms with E-state index in [-0.39, 0.29) is 10.0 Å². The van der Waals surface area contributed by atoms with Crippen LogP contribution < -0.4 is 0 Å². The van der Waals surface area contributed by atoms with E-state index in [1.807, 2.05) is 6.07 Å². The van der Waals surface area contributed by atoms with Gasteiger partial charge < -0.3 is 4.98 Å².